The van der Waals surface area contributed by atoms with Crippen molar-refractivity contribution in [1.29, 1.82) is 0 Å². The molecule has 0 aromatic carbocycles. The van der Waals surface area contributed by atoms with E-state index in [4.69, 9.17) is 5.11 Å². The number of hydrogen-bond acceptors (Lipinski definition) is 3. The molecule has 1 amide bonds. The first kappa shape index (κ1) is 15.3. The van der Waals surface area contributed by atoms with Crippen LogP contribution in [0, 0.1) is 11.3 Å². The maximum Gasteiger partial charge on any atom is 0.303 e. The summed E-state index contributed by atoms with van der Waals surface area (Å²) >= 11 is 0. The first-order valence-electron chi connectivity index (χ1n) is 7.75. The van der Waals surface area contributed by atoms with Gasteiger partial charge in [0.1, 0.15) is 0 Å². The first-order valence-corrected chi connectivity index (χ1v) is 7.75. The summed E-state index contributed by atoms with van der Waals surface area (Å²) < 4.78 is 0. The van der Waals surface area contributed by atoms with Crippen molar-refractivity contribution in [1.82, 2.24) is 10.6 Å². The van der Waals surface area contributed by atoms with E-state index in [-0.39, 0.29) is 23.8 Å². The second-order valence-corrected chi connectivity index (χ2v) is 6.55. The van der Waals surface area contributed by atoms with Crippen LogP contribution in [-0.2, 0) is 9.59 Å². The molecule has 1 heterocycles. The number of hydrogen-bond donors (Lipinski definition) is 3. The van der Waals surface area contributed by atoms with Gasteiger partial charge in [-0.3, -0.25) is 9.59 Å². The number of carbonyl (C=O) groups is 2. The van der Waals surface area contributed by atoms with Crippen LogP contribution in [0.5, 0.6) is 0 Å². The summed E-state index contributed by atoms with van der Waals surface area (Å²) in [6, 6.07) is -0.111. The monoisotopic (exact) mass is 282 g/mol. The molecule has 2 atom stereocenters. The lowest BCUT2D eigenvalue weighted by molar-refractivity contribution is -0.141. The van der Waals surface area contributed by atoms with Crippen molar-refractivity contribution in [3.05, 3.63) is 0 Å². The van der Waals surface area contributed by atoms with Gasteiger partial charge in [-0.15, -0.1) is 0 Å². The first-order chi connectivity index (χ1) is 9.52. The van der Waals surface area contributed by atoms with Crippen LogP contribution in [0.2, 0.25) is 0 Å². The lowest BCUT2D eigenvalue weighted by Gasteiger charge is -2.36. The molecule has 2 fully saturated rings. The van der Waals surface area contributed by atoms with E-state index >= 15 is 0 Å². The third-order valence-electron chi connectivity index (χ3n) is 4.89. The molecule has 1 saturated carbocycles. The maximum atomic E-state index is 12.2. The van der Waals surface area contributed by atoms with E-state index in [9.17, 15) is 9.59 Å². The fourth-order valence-electron chi connectivity index (χ4n) is 3.61. The fraction of sp³-hybridized carbons (Fsp3) is 0.867. The zero-order valence-corrected chi connectivity index (χ0v) is 12.3. The third-order valence-corrected chi connectivity index (χ3v) is 4.89. The quantitative estimate of drug-likeness (QED) is 0.714. The second-order valence-electron chi connectivity index (χ2n) is 6.55. The van der Waals surface area contributed by atoms with Crippen molar-refractivity contribution in [2.45, 2.75) is 57.9 Å². The molecule has 1 saturated heterocycles. The molecule has 20 heavy (non-hydrogen) atoms. The average Bonchev–Trinajstić information content (AvgIpc) is 2.83. The summed E-state index contributed by atoms with van der Waals surface area (Å²) in [6.07, 6.45) is 6.33. The smallest absolute Gasteiger partial charge is 0.303 e. The van der Waals surface area contributed by atoms with Gasteiger partial charge >= 0.3 is 5.97 Å². The largest absolute Gasteiger partial charge is 0.481 e. The van der Waals surface area contributed by atoms with Gasteiger partial charge in [-0.25, -0.2) is 0 Å². The number of amides is 1. The van der Waals surface area contributed by atoms with Gasteiger partial charge in [0.2, 0.25) is 5.91 Å². The third kappa shape index (κ3) is 3.72. The van der Waals surface area contributed by atoms with E-state index in [0.717, 1.165) is 38.6 Å². The summed E-state index contributed by atoms with van der Waals surface area (Å²) in [7, 11) is 0. The molecule has 1 aliphatic heterocycles. The Labute approximate surface area is 120 Å². The SMILES string of the molecule is CC1CCNC1C(=O)NCC1(CC(=O)O)CCCCC1. The van der Waals surface area contributed by atoms with Gasteiger partial charge < -0.3 is 15.7 Å². The Hall–Kier alpha value is -1.10. The molecule has 3 N–H and O–H groups in total. The lowest BCUT2D eigenvalue weighted by Crippen LogP contribution is -2.48. The number of carbonyl (C=O) groups excluding carboxylic acids is 1. The van der Waals surface area contributed by atoms with E-state index < -0.39 is 5.97 Å². The van der Waals surface area contributed by atoms with E-state index in [1.54, 1.807) is 0 Å². The summed E-state index contributed by atoms with van der Waals surface area (Å²) in [4.78, 5) is 23.3. The van der Waals surface area contributed by atoms with Crippen molar-refractivity contribution in [2.75, 3.05) is 13.1 Å². The maximum absolute atomic E-state index is 12.2. The highest BCUT2D eigenvalue weighted by Gasteiger charge is 2.36. The molecule has 5 nitrogen and oxygen atoms in total. The summed E-state index contributed by atoms with van der Waals surface area (Å²) in [5, 5.41) is 15.3. The molecule has 1 aliphatic carbocycles. The molecule has 2 unspecified atom stereocenters. The Morgan fingerprint density at radius 1 is 1.30 bits per heavy atom. The minimum atomic E-state index is -0.756. The van der Waals surface area contributed by atoms with Gasteiger partial charge in [0.05, 0.1) is 12.5 Å². The van der Waals surface area contributed by atoms with Crippen LogP contribution in [0.1, 0.15) is 51.9 Å². The molecule has 5 heteroatoms. The van der Waals surface area contributed by atoms with Crippen LogP contribution in [0.4, 0.5) is 0 Å². The van der Waals surface area contributed by atoms with E-state index in [1.165, 1.54) is 6.42 Å². The highest BCUT2D eigenvalue weighted by molar-refractivity contribution is 5.82. The zero-order valence-electron chi connectivity index (χ0n) is 12.3. The summed E-state index contributed by atoms with van der Waals surface area (Å²) in [6.45, 7) is 3.47. The predicted octanol–water partition coefficient (Wildman–Crippen LogP) is 1.53. The average molecular weight is 282 g/mol. The molecule has 0 radical (unpaired) electrons. The molecular weight excluding hydrogens is 256 g/mol. The fourth-order valence-corrected chi connectivity index (χ4v) is 3.61. The Morgan fingerprint density at radius 3 is 2.55 bits per heavy atom. The van der Waals surface area contributed by atoms with E-state index in [1.807, 2.05) is 0 Å². The number of nitrogens with one attached hydrogen (secondary N) is 2. The Kier molecular flexibility index (Phi) is 5.02. The van der Waals surface area contributed by atoms with Crippen molar-refractivity contribution in [3.8, 4) is 0 Å². The highest BCUT2D eigenvalue weighted by atomic mass is 16.4. The standard InChI is InChI=1S/C15H26N2O3/c1-11-5-8-16-13(11)14(20)17-10-15(9-12(18)19)6-3-2-4-7-15/h11,13,16H,2-10H2,1H3,(H,17,20)(H,18,19). The molecule has 114 valence electrons. The van der Waals surface area contributed by atoms with Crippen LogP contribution < -0.4 is 10.6 Å². The minimum absolute atomic E-state index is 0.0327. The molecule has 2 rings (SSSR count). The number of carboxylic acid groups (broad SMARTS) is 1. The molecule has 0 spiro atoms. The predicted molar refractivity (Wildman–Crippen MR) is 76.4 cm³/mol. The van der Waals surface area contributed by atoms with Crippen LogP contribution in [0.25, 0.3) is 0 Å². The topological polar surface area (TPSA) is 78.4 Å². The Bertz CT molecular complexity index is 364. The van der Waals surface area contributed by atoms with Gasteiger partial charge in [-0.1, -0.05) is 26.2 Å². The van der Waals surface area contributed by atoms with Crippen molar-refractivity contribution in [2.24, 2.45) is 11.3 Å². The van der Waals surface area contributed by atoms with E-state index in [0.29, 0.717) is 12.5 Å². The van der Waals surface area contributed by atoms with Crippen LogP contribution in [-0.4, -0.2) is 36.1 Å². The number of rotatable bonds is 5. The van der Waals surface area contributed by atoms with Crippen molar-refractivity contribution < 1.29 is 14.7 Å². The minimum Gasteiger partial charge on any atom is -0.481 e. The van der Waals surface area contributed by atoms with Crippen molar-refractivity contribution >= 4 is 11.9 Å². The second kappa shape index (κ2) is 6.57. The van der Waals surface area contributed by atoms with Crippen LogP contribution in [0.3, 0.4) is 0 Å². The number of aliphatic carboxylic acids is 1. The summed E-state index contributed by atoms with van der Waals surface area (Å²) in [5.74, 6) is -0.365. The van der Waals surface area contributed by atoms with Gasteiger partial charge in [0.25, 0.3) is 0 Å². The molecule has 2 aliphatic rings. The van der Waals surface area contributed by atoms with Crippen LogP contribution >= 0.6 is 0 Å². The number of carboxylic acids is 1. The molecule has 0 aromatic rings. The van der Waals surface area contributed by atoms with Gasteiger partial charge in [-0.2, -0.15) is 0 Å². The van der Waals surface area contributed by atoms with Gasteiger partial charge in [-0.05, 0) is 37.1 Å². The zero-order chi connectivity index (χ0) is 14.6. The Morgan fingerprint density at radius 2 is 2.00 bits per heavy atom. The van der Waals surface area contributed by atoms with Crippen molar-refractivity contribution in [3.63, 3.8) is 0 Å². The van der Waals surface area contributed by atoms with Crippen LogP contribution in [0.15, 0.2) is 0 Å². The lowest BCUT2D eigenvalue weighted by atomic mass is 9.71. The highest BCUT2D eigenvalue weighted by Crippen LogP contribution is 2.38. The normalized spacial score (nSPS) is 29.1. The molecular formula is C15H26N2O3. The summed E-state index contributed by atoms with van der Waals surface area (Å²) in [5.41, 5.74) is -0.235. The van der Waals surface area contributed by atoms with Gasteiger partial charge in [0.15, 0.2) is 0 Å². The Balaban J connectivity index is 1.91. The molecule has 0 bridgehead atoms. The van der Waals surface area contributed by atoms with Gasteiger partial charge in [0, 0.05) is 6.54 Å². The molecule has 0 aromatic heterocycles. The van der Waals surface area contributed by atoms with E-state index in [2.05, 4.69) is 17.6 Å².